The first-order chi connectivity index (χ1) is 13.5. The Kier molecular flexibility index (Phi) is 5.18. The van der Waals surface area contributed by atoms with Crippen molar-refractivity contribution in [3.05, 3.63) is 64.0 Å². The zero-order valence-electron chi connectivity index (χ0n) is 15.8. The predicted molar refractivity (Wildman–Crippen MR) is 111 cm³/mol. The number of benzene rings is 2. The fourth-order valence-electron chi connectivity index (χ4n) is 3.71. The molecule has 1 saturated heterocycles. The van der Waals surface area contributed by atoms with E-state index in [9.17, 15) is 9.59 Å². The summed E-state index contributed by atoms with van der Waals surface area (Å²) in [5.74, 6) is 0.598. The van der Waals surface area contributed by atoms with Crippen molar-refractivity contribution in [2.24, 2.45) is 5.92 Å². The van der Waals surface area contributed by atoms with E-state index in [0.29, 0.717) is 22.2 Å². The van der Waals surface area contributed by atoms with Crippen LogP contribution in [0.1, 0.15) is 19.8 Å². The lowest BCUT2D eigenvalue weighted by Gasteiger charge is -2.30. The van der Waals surface area contributed by atoms with E-state index in [1.807, 2.05) is 35.2 Å². The van der Waals surface area contributed by atoms with Gasteiger partial charge in [0.1, 0.15) is 6.54 Å². The number of fused-ring (bicyclic) bond motifs is 1. The minimum atomic E-state index is -0.424. The molecule has 1 fully saturated rings. The summed E-state index contributed by atoms with van der Waals surface area (Å²) in [6.45, 7) is 3.69. The molecule has 2 aromatic carbocycles. The molecule has 0 N–H and O–H groups in total. The number of hydrogen-bond acceptors (Lipinski definition) is 3. The molecule has 6 heteroatoms. The average molecular weight is 396 g/mol. The molecule has 0 spiro atoms. The summed E-state index contributed by atoms with van der Waals surface area (Å²) >= 11 is 6.22. The Morgan fingerprint density at radius 3 is 2.57 bits per heavy atom. The topological polar surface area (TPSA) is 55.2 Å². The monoisotopic (exact) mass is 395 g/mol. The van der Waals surface area contributed by atoms with Gasteiger partial charge in [-0.3, -0.25) is 9.36 Å². The Hall–Kier alpha value is -2.66. The highest BCUT2D eigenvalue weighted by atomic mass is 35.5. The standard InChI is InChI=1S/C22H22ClN3O2/c1-15-9-11-25(12-10-15)20(27)14-26-19-8-7-17(23)13-18(19)21(24-22(26)28)16-5-3-2-4-6-16/h2-8,13,15H,9-12,14H2,1H3. The molecule has 144 valence electrons. The molecule has 2 heterocycles. The minimum absolute atomic E-state index is 0.00653. The maximum Gasteiger partial charge on any atom is 0.349 e. The second-order valence-corrected chi connectivity index (χ2v) is 7.86. The van der Waals surface area contributed by atoms with Crippen LogP contribution in [-0.2, 0) is 11.3 Å². The van der Waals surface area contributed by atoms with Gasteiger partial charge in [-0.2, -0.15) is 4.98 Å². The van der Waals surface area contributed by atoms with Crippen LogP contribution in [0.2, 0.25) is 5.02 Å². The van der Waals surface area contributed by atoms with E-state index in [2.05, 4.69) is 11.9 Å². The van der Waals surface area contributed by atoms with Crippen LogP contribution < -0.4 is 5.69 Å². The quantitative estimate of drug-likeness (QED) is 0.674. The van der Waals surface area contributed by atoms with E-state index in [1.165, 1.54) is 4.57 Å². The van der Waals surface area contributed by atoms with Gasteiger partial charge in [-0.1, -0.05) is 48.9 Å². The van der Waals surface area contributed by atoms with Gasteiger partial charge in [0.25, 0.3) is 0 Å². The van der Waals surface area contributed by atoms with Crippen molar-refractivity contribution in [3.8, 4) is 11.3 Å². The summed E-state index contributed by atoms with van der Waals surface area (Å²) in [5, 5.41) is 1.33. The van der Waals surface area contributed by atoms with Crippen LogP contribution in [0, 0.1) is 5.92 Å². The van der Waals surface area contributed by atoms with Crippen molar-refractivity contribution in [1.29, 1.82) is 0 Å². The van der Waals surface area contributed by atoms with E-state index >= 15 is 0 Å². The molecule has 28 heavy (non-hydrogen) atoms. The Morgan fingerprint density at radius 2 is 1.86 bits per heavy atom. The Balaban J connectivity index is 1.77. The molecule has 4 rings (SSSR count). The number of hydrogen-bond donors (Lipinski definition) is 0. The first kappa shape index (κ1) is 18.7. The molecule has 1 aliphatic heterocycles. The van der Waals surface area contributed by atoms with Crippen molar-refractivity contribution in [3.63, 3.8) is 0 Å². The Bertz CT molecular complexity index is 1070. The van der Waals surface area contributed by atoms with Gasteiger partial charge in [-0.15, -0.1) is 0 Å². The molecule has 1 amide bonds. The maximum absolute atomic E-state index is 12.8. The fourth-order valence-corrected chi connectivity index (χ4v) is 3.89. The van der Waals surface area contributed by atoms with Crippen molar-refractivity contribution in [2.45, 2.75) is 26.3 Å². The molecule has 1 aromatic heterocycles. The summed E-state index contributed by atoms with van der Waals surface area (Å²) in [7, 11) is 0. The average Bonchev–Trinajstić information content (AvgIpc) is 2.71. The highest BCUT2D eigenvalue weighted by Crippen LogP contribution is 2.28. The van der Waals surface area contributed by atoms with Gasteiger partial charge in [0.05, 0.1) is 11.2 Å². The number of halogens is 1. The Labute approximate surface area is 168 Å². The van der Waals surface area contributed by atoms with E-state index in [1.54, 1.807) is 18.2 Å². The van der Waals surface area contributed by atoms with Crippen LogP contribution in [0.15, 0.2) is 53.3 Å². The number of aromatic nitrogens is 2. The molecule has 0 bridgehead atoms. The molecule has 1 aliphatic rings. The van der Waals surface area contributed by atoms with E-state index < -0.39 is 5.69 Å². The molecule has 5 nitrogen and oxygen atoms in total. The van der Waals surface area contributed by atoms with Gasteiger partial charge in [-0.25, -0.2) is 4.79 Å². The van der Waals surface area contributed by atoms with Crippen LogP contribution in [0.3, 0.4) is 0 Å². The van der Waals surface area contributed by atoms with Crippen molar-refractivity contribution >= 4 is 28.4 Å². The molecule has 0 radical (unpaired) electrons. The third-order valence-electron chi connectivity index (χ3n) is 5.42. The number of carbonyl (C=O) groups excluding carboxylic acids is 1. The lowest BCUT2D eigenvalue weighted by Crippen LogP contribution is -2.41. The molecular weight excluding hydrogens is 374 g/mol. The zero-order chi connectivity index (χ0) is 19.7. The number of rotatable bonds is 3. The largest absolute Gasteiger partial charge is 0.349 e. The van der Waals surface area contributed by atoms with E-state index in [4.69, 9.17) is 11.6 Å². The SMILES string of the molecule is CC1CCN(C(=O)Cn2c(=O)nc(-c3ccccc3)c3cc(Cl)ccc32)CC1. The predicted octanol–water partition coefficient (Wildman–Crippen LogP) is 3.98. The second kappa shape index (κ2) is 7.76. The van der Waals surface area contributed by atoms with Gasteiger partial charge < -0.3 is 4.90 Å². The third-order valence-corrected chi connectivity index (χ3v) is 5.65. The summed E-state index contributed by atoms with van der Waals surface area (Å²) < 4.78 is 1.46. The number of amides is 1. The first-order valence-corrected chi connectivity index (χ1v) is 9.94. The minimum Gasteiger partial charge on any atom is -0.341 e. The first-order valence-electron chi connectivity index (χ1n) is 9.56. The number of piperidine rings is 1. The molecule has 0 saturated carbocycles. The second-order valence-electron chi connectivity index (χ2n) is 7.42. The maximum atomic E-state index is 12.8. The number of carbonyl (C=O) groups is 1. The summed E-state index contributed by atoms with van der Waals surface area (Å²) in [4.78, 5) is 31.8. The van der Waals surface area contributed by atoms with Gasteiger partial charge in [-0.05, 0) is 37.0 Å². The smallest absolute Gasteiger partial charge is 0.341 e. The van der Waals surface area contributed by atoms with E-state index in [-0.39, 0.29) is 12.5 Å². The van der Waals surface area contributed by atoms with Crippen molar-refractivity contribution in [2.75, 3.05) is 13.1 Å². The normalized spacial score (nSPS) is 15.1. The highest BCUT2D eigenvalue weighted by Gasteiger charge is 2.22. The van der Waals surface area contributed by atoms with Gasteiger partial charge in [0.2, 0.25) is 5.91 Å². The van der Waals surface area contributed by atoms with Gasteiger partial charge >= 0.3 is 5.69 Å². The van der Waals surface area contributed by atoms with Crippen LogP contribution in [0.4, 0.5) is 0 Å². The van der Waals surface area contributed by atoms with Crippen molar-refractivity contribution < 1.29 is 4.79 Å². The highest BCUT2D eigenvalue weighted by molar-refractivity contribution is 6.31. The number of likely N-dealkylation sites (tertiary alicyclic amines) is 1. The lowest BCUT2D eigenvalue weighted by atomic mass is 9.99. The molecular formula is C22H22ClN3O2. The van der Waals surface area contributed by atoms with E-state index in [0.717, 1.165) is 36.9 Å². The van der Waals surface area contributed by atoms with Crippen LogP contribution >= 0.6 is 11.6 Å². The molecule has 0 atom stereocenters. The van der Waals surface area contributed by atoms with Crippen LogP contribution in [-0.4, -0.2) is 33.4 Å². The van der Waals surface area contributed by atoms with Gasteiger partial charge in [0.15, 0.2) is 0 Å². The number of nitrogens with zero attached hydrogens (tertiary/aromatic N) is 3. The molecule has 3 aromatic rings. The van der Waals surface area contributed by atoms with Crippen LogP contribution in [0.5, 0.6) is 0 Å². The summed E-state index contributed by atoms with van der Waals surface area (Å²) in [6.07, 6.45) is 2.00. The zero-order valence-corrected chi connectivity index (χ0v) is 16.5. The molecule has 0 unspecified atom stereocenters. The summed E-state index contributed by atoms with van der Waals surface area (Å²) in [5.41, 5.74) is 1.67. The van der Waals surface area contributed by atoms with Gasteiger partial charge in [0, 0.05) is 29.1 Å². The third kappa shape index (κ3) is 3.67. The Morgan fingerprint density at radius 1 is 1.14 bits per heavy atom. The lowest BCUT2D eigenvalue weighted by molar-refractivity contribution is -0.133. The molecule has 0 aliphatic carbocycles. The van der Waals surface area contributed by atoms with Crippen molar-refractivity contribution in [1.82, 2.24) is 14.5 Å². The fraction of sp³-hybridized carbons (Fsp3) is 0.318. The van der Waals surface area contributed by atoms with Crippen LogP contribution in [0.25, 0.3) is 22.2 Å². The summed E-state index contributed by atoms with van der Waals surface area (Å²) in [6, 6.07) is 14.9.